The Morgan fingerprint density at radius 2 is 1.71 bits per heavy atom. The van der Waals surface area contributed by atoms with E-state index in [1.54, 1.807) is 18.2 Å². The van der Waals surface area contributed by atoms with Crippen molar-refractivity contribution in [2.24, 2.45) is 0 Å². The molecule has 4 aromatic rings. The molecule has 0 atom stereocenters. The summed E-state index contributed by atoms with van der Waals surface area (Å²) in [6, 6.07) is 22.9. The molecule has 0 spiro atoms. The number of aromatic nitrogens is 3. The molecule has 0 aliphatic carbocycles. The molecule has 0 unspecified atom stereocenters. The minimum Gasteiger partial charge on any atom is -0.325 e. The zero-order valence-corrected chi connectivity index (χ0v) is 18.9. The summed E-state index contributed by atoms with van der Waals surface area (Å²) in [6.45, 7) is 2.04. The predicted octanol–water partition coefficient (Wildman–Crippen LogP) is 6.28. The van der Waals surface area contributed by atoms with Gasteiger partial charge < -0.3 is 5.32 Å². The fraction of sp³-hybridized carbons (Fsp3) is 0.0870. The Labute approximate surface area is 194 Å². The maximum atomic E-state index is 12.5. The number of nitrogens with zero attached hydrogens (tertiary/aromatic N) is 3. The SMILES string of the molecule is Cc1ccc(-n2c(SCC(=O)Nc3ccc(Cl)c(Cl)c3)nnc2-c2ccccc2)cc1. The summed E-state index contributed by atoms with van der Waals surface area (Å²) in [5.41, 5.74) is 3.63. The average molecular weight is 469 g/mol. The maximum Gasteiger partial charge on any atom is 0.234 e. The lowest BCUT2D eigenvalue weighted by Gasteiger charge is -2.11. The second-order valence-electron chi connectivity index (χ2n) is 6.81. The van der Waals surface area contributed by atoms with Crippen LogP contribution in [-0.2, 0) is 4.79 Å². The van der Waals surface area contributed by atoms with Crippen molar-refractivity contribution >= 4 is 46.6 Å². The third-order valence-corrected chi connectivity index (χ3v) is 6.16. The number of aryl methyl sites for hydroxylation is 1. The number of carbonyl (C=O) groups excluding carboxylic acids is 1. The van der Waals surface area contributed by atoms with E-state index in [4.69, 9.17) is 23.2 Å². The molecule has 0 saturated carbocycles. The number of amides is 1. The van der Waals surface area contributed by atoms with Crippen molar-refractivity contribution in [3.63, 3.8) is 0 Å². The van der Waals surface area contributed by atoms with Crippen LogP contribution in [0.1, 0.15) is 5.56 Å². The van der Waals surface area contributed by atoms with Crippen LogP contribution in [0.15, 0.2) is 78.0 Å². The third-order valence-electron chi connectivity index (χ3n) is 4.49. The molecular formula is C23H18Cl2N4OS. The van der Waals surface area contributed by atoms with E-state index in [2.05, 4.69) is 15.5 Å². The minimum absolute atomic E-state index is 0.166. The Kier molecular flexibility index (Phi) is 6.61. The summed E-state index contributed by atoms with van der Waals surface area (Å²) in [5.74, 6) is 0.707. The van der Waals surface area contributed by atoms with Crippen molar-refractivity contribution in [2.75, 3.05) is 11.1 Å². The number of hydrogen-bond acceptors (Lipinski definition) is 4. The first kappa shape index (κ1) is 21.4. The molecule has 3 aromatic carbocycles. The molecular weight excluding hydrogens is 451 g/mol. The lowest BCUT2D eigenvalue weighted by Crippen LogP contribution is -2.14. The zero-order chi connectivity index (χ0) is 21.8. The Bertz CT molecular complexity index is 1210. The normalized spacial score (nSPS) is 10.8. The van der Waals surface area contributed by atoms with Crippen LogP contribution in [0.3, 0.4) is 0 Å². The van der Waals surface area contributed by atoms with Crippen LogP contribution in [0.2, 0.25) is 10.0 Å². The molecule has 0 radical (unpaired) electrons. The number of anilines is 1. The van der Waals surface area contributed by atoms with E-state index in [0.29, 0.717) is 20.9 Å². The fourth-order valence-electron chi connectivity index (χ4n) is 2.97. The van der Waals surface area contributed by atoms with Crippen LogP contribution in [-0.4, -0.2) is 26.4 Å². The van der Waals surface area contributed by atoms with E-state index < -0.39 is 0 Å². The topological polar surface area (TPSA) is 59.8 Å². The summed E-state index contributed by atoms with van der Waals surface area (Å²) in [5, 5.41) is 13.0. The van der Waals surface area contributed by atoms with E-state index in [1.165, 1.54) is 11.8 Å². The van der Waals surface area contributed by atoms with Crippen molar-refractivity contribution in [1.82, 2.24) is 14.8 Å². The van der Waals surface area contributed by atoms with Gasteiger partial charge >= 0.3 is 0 Å². The summed E-state index contributed by atoms with van der Waals surface area (Å²) in [4.78, 5) is 12.5. The molecule has 1 heterocycles. The highest BCUT2D eigenvalue weighted by atomic mass is 35.5. The third kappa shape index (κ3) is 5.10. The van der Waals surface area contributed by atoms with Gasteiger partial charge in [-0.3, -0.25) is 9.36 Å². The summed E-state index contributed by atoms with van der Waals surface area (Å²) in [6.07, 6.45) is 0. The van der Waals surface area contributed by atoms with Crippen molar-refractivity contribution in [2.45, 2.75) is 12.1 Å². The highest BCUT2D eigenvalue weighted by molar-refractivity contribution is 7.99. The number of hydrogen-bond donors (Lipinski definition) is 1. The van der Waals surface area contributed by atoms with Gasteiger partial charge in [0.1, 0.15) is 0 Å². The van der Waals surface area contributed by atoms with Gasteiger partial charge in [0.25, 0.3) is 0 Å². The monoisotopic (exact) mass is 468 g/mol. The van der Waals surface area contributed by atoms with Gasteiger partial charge in [0.15, 0.2) is 11.0 Å². The Morgan fingerprint density at radius 1 is 0.968 bits per heavy atom. The molecule has 1 aromatic heterocycles. The van der Waals surface area contributed by atoms with Crippen molar-refractivity contribution in [1.29, 1.82) is 0 Å². The first-order valence-corrected chi connectivity index (χ1v) is 11.2. The van der Waals surface area contributed by atoms with Gasteiger partial charge in [0, 0.05) is 16.9 Å². The van der Waals surface area contributed by atoms with Crippen LogP contribution >= 0.6 is 35.0 Å². The molecule has 0 fully saturated rings. The molecule has 1 N–H and O–H groups in total. The van der Waals surface area contributed by atoms with E-state index in [0.717, 1.165) is 22.6 Å². The standard InChI is InChI=1S/C23H18Cl2N4OS/c1-15-7-10-18(11-8-15)29-22(16-5-3-2-4-6-16)27-28-23(29)31-14-21(30)26-17-9-12-19(24)20(25)13-17/h2-13H,14H2,1H3,(H,26,30). The first-order chi connectivity index (χ1) is 15.0. The molecule has 31 heavy (non-hydrogen) atoms. The summed E-state index contributed by atoms with van der Waals surface area (Å²) >= 11 is 13.3. The number of thioether (sulfide) groups is 1. The number of halogens is 2. The highest BCUT2D eigenvalue weighted by Crippen LogP contribution is 2.29. The molecule has 5 nitrogen and oxygen atoms in total. The molecule has 156 valence electrons. The maximum absolute atomic E-state index is 12.5. The molecule has 0 aliphatic rings. The van der Waals surface area contributed by atoms with Gasteiger partial charge in [-0.15, -0.1) is 10.2 Å². The van der Waals surface area contributed by atoms with Crippen LogP contribution < -0.4 is 5.32 Å². The van der Waals surface area contributed by atoms with Gasteiger partial charge in [-0.1, -0.05) is 83.0 Å². The van der Waals surface area contributed by atoms with Gasteiger partial charge in [0.2, 0.25) is 5.91 Å². The largest absolute Gasteiger partial charge is 0.325 e. The second kappa shape index (κ2) is 9.56. The zero-order valence-electron chi connectivity index (χ0n) is 16.5. The predicted molar refractivity (Wildman–Crippen MR) is 127 cm³/mol. The fourth-order valence-corrected chi connectivity index (χ4v) is 4.02. The molecule has 0 bridgehead atoms. The van der Waals surface area contributed by atoms with E-state index in [9.17, 15) is 4.79 Å². The molecule has 0 aliphatic heterocycles. The Hall–Kier alpha value is -2.80. The lowest BCUT2D eigenvalue weighted by molar-refractivity contribution is -0.113. The van der Waals surface area contributed by atoms with Crippen molar-refractivity contribution in [3.05, 3.63) is 88.4 Å². The molecule has 1 amide bonds. The van der Waals surface area contributed by atoms with Gasteiger partial charge in [0.05, 0.1) is 15.8 Å². The second-order valence-corrected chi connectivity index (χ2v) is 8.57. The van der Waals surface area contributed by atoms with Gasteiger partial charge in [-0.05, 0) is 37.3 Å². The quantitative estimate of drug-likeness (QED) is 0.338. The van der Waals surface area contributed by atoms with E-state index >= 15 is 0 Å². The van der Waals surface area contributed by atoms with E-state index in [1.807, 2.05) is 66.1 Å². The molecule has 0 saturated heterocycles. The van der Waals surface area contributed by atoms with Gasteiger partial charge in [-0.25, -0.2) is 0 Å². The number of carbonyl (C=O) groups is 1. The smallest absolute Gasteiger partial charge is 0.234 e. The minimum atomic E-state index is -0.178. The molecule has 4 rings (SSSR count). The Balaban J connectivity index is 1.57. The lowest BCUT2D eigenvalue weighted by atomic mass is 10.2. The summed E-state index contributed by atoms with van der Waals surface area (Å²) < 4.78 is 1.96. The van der Waals surface area contributed by atoms with Crippen molar-refractivity contribution < 1.29 is 4.79 Å². The first-order valence-electron chi connectivity index (χ1n) is 9.47. The average Bonchev–Trinajstić information content (AvgIpc) is 3.20. The van der Waals surface area contributed by atoms with Crippen LogP contribution in [0.4, 0.5) is 5.69 Å². The highest BCUT2D eigenvalue weighted by Gasteiger charge is 2.17. The van der Waals surface area contributed by atoms with Crippen LogP contribution in [0.5, 0.6) is 0 Å². The van der Waals surface area contributed by atoms with Crippen molar-refractivity contribution in [3.8, 4) is 17.1 Å². The number of nitrogens with one attached hydrogen (secondary N) is 1. The number of benzene rings is 3. The van der Waals surface area contributed by atoms with Crippen LogP contribution in [0.25, 0.3) is 17.1 Å². The molecule has 8 heteroatoms. The van der Waals surface area contributed by atoms with Gasteiger partial charge in [-0.2, -0.15) is 0 Å². The van der Waals surface area contributed by atoms with Crippen LogP contribution in [0, 0.1) is 6.92 Å². The number of rotatable bonds is 6. The Morgan fingerprint density at radius 3 is 2.42 bits per heavy atom. The van der Waals surface area contributed by atoms with E-state index in [-0.39, 0.29) is 11.7 Å². The summed E-state index contributed by atoms with van der Waals surface area (Å²) in [7, 11) is 0.